The van der Waals surface area contributed by atoms with Gasteiger partial charge in [0.05, 0.1) is 12.0 Å². The molecule has 7 heteroatoms. The average Bonchev–Trinajstić information content (AvgIpc) is 3.02. The molecule has 0 atom stereocenters. The van der Waals surface area contributed by atoms with E-state index in [1.54, 1.807) is 42.3 Å². The number of carboxylic acid groups (broad SMARTS) is 1. The molecular formula is C18H16N4O3. The van der Waals surface area contributed by atoms with Gasteiger partial charge in [-0.05, 0) is 42.0 Å². The van der Waals surface area contributed by atoms with Crippen LogP contribution in [0.3, 0.4) is 0 Å². The van der Waals surface area contributed by atoms with E-state index in [2.05, 4.69) is 15.4 Å². The van der Waals surface area contributed by atoms with Crippen LogP contribution in [0.5, 0.6) is 0 Å². The summed E-state index contributed by atoms with van der Waals surface area (Å²) in [6.07, 6.45) is 1.72. The molecular weight excluding hydrogens is 320 g/mol. The molecule has 2 aromatic carbocycles. The van der Waals surface area contributed by atoms with Crippen molar-refractivity contribution >= 4 is 17.6 Å². The Balaban J connectivity index is 1.65. The molecule has 0 spiro atoms. The number of aromatic nitrogens is 3. The van der Waals surface area contributed by atoms with Gasteiger partial charge >= 0.3 is 5.97 Å². The molecule has 1 aromatic heterocycles. The SMILES string of the molecule is Cn1cnc(-c2ccc(NC(=O)Cc3cccc(C(=O)O)c3)cc2)n1. The summed E-state index contributed by atoms with van der Waals surface area (Å²) >= 11 is 0. The van der Waals surface area contributed by atoms with Crippen LogP contribution in [0.25, 0.3) is 11.4 Å². The van der Waals surface area contributed by atoms with Crippen LogP contribution in [0.2, 0.25) is 0 Å². The summed E-state index contributed by atoms with van der Waals surface area (Å²) in [4.78, 5) is 27.3. The maximum absolute atomic E-state index is 12.1. The molecule has 1 heterocycles. The average molecular weight is 336 g/mol. The van der Waals surface area contributed by atoms with Gasteiger partial charge in [-0.1, -0.05) is 12.1 Å². The van der Waals surface area contributed by atoms with Crippen LogP contribution in [0, 0.1) is 0 Å². The van der Waals surface area contributed by atoms with Crippen LogP contribution >= 0.6 is 0 Å². The second kappa shape index (κ2) is 6.96. The molecule has 0 fully saturated rings. The molecule has 3 aromatic rings. The highest BCUT2D eigenvalue weighted by atomic mass is 16.4. The van der Waals surface area contributed by atoms with Crippen molar-refractivity contribution in [2.75, 3.05) is 5.32 Å². The first kappa shape index (κ1) is 16.4. The van der Waals surface area contributed by atoms with Crippen molar-refractivity contribution in [3.63, 3.8) is 0 Å². The third kappa shape index (κ3) is 4.08. The van der Waals surface area contributed by atoms with Gasteiger partial charge in [-0.3, -0.25) is 9.48 Å². The number of carbonyl (C=O) groups is 2. The molecule has 126 valence electrons. The lowest BCUT2D eigenvalue weighted by Gasteiger charge is -2.06. The quantitative estimate of drug-likeness (QED) is 0.745. The summed E-state index contributed by atoms with van der Waals surface area (Å²) in [6, 6.07) is 13.6. The largest absolute Gasteiger partial charge is 0.478 e. The Bertz CT molecular complexity index is 916. The fourth-order valence-corrected chi connectivity index (χ4v) is 2.38. The molecule has 2 N–H and O–H groups in total. The Kier molecular flexibility index (Phi) is 4.56. The number of hydrogen-bond acceptors (Lipinski definition) is 4. The highest BCUT2D eigenvalue weighted by Gasteiger charge is 2.08. The molecule has 1 amide bonds. The third-order valence-corrected chi connectivity index (χ3v) is 3.57. The van der Waals surface area contributed by atoms with E-state index in [-0.39, 0.29) is 17.9 Å². The van der Waals surface area contributed by atoms with E-state index >= 15 is 0 Å². The molecule has 0 bridgehead atoms. The lowest BCUT2D eigenvalue weighted by molar-refractivity contribution is -0.115. The van der Waals surface area contributed by atoms with Crippen molar-refractivity contribution in [1.29, 1.82) is 0 Å². The van der Waals surface area contributed by atoms with Gasteiger partial charge in [0.1, 0.15) is 6.33 Å². The molecule has 0 aliphatic heterocycles. The van der Waals surface area contributed by atoms with E-state index in [4.69, 9.17) is 5.11 Å². The smallest absolute Gasteiger partial charge is 0.335 e. The van der Waals surface area contributed by atoms with Crippen LogP contribution in [-0.2, 0) is 18.3 Å². The fraction of sp³-hybridized carbons (Fsp3) is 0.111. The number of amides is 1. The van der Waals surface area contributed by atoms with Gasteiger partial charge in [0.25, 0.3) is 0 Å². The minimum atomic E-state index is -1.01. The number of benzene rings is 2. The zero-order chi connectivity index (χ0) is 17.8. The number of carboxylic acids is 1. The monoisotopic (exact) mass is 336 g/mol. The second-order valence-corrected chi connectivity index (χ2v) is 5.55. The summed E-state index contributed by atoms with van der Waals surface area (Å²) in [5, 5.41) is 16.0. The van der Waals surface area contributed by atoms with Gasteiger partial charge in [0, 0.05) is 18.3 Å². The van der Waals surface area contributed by atoms with Crippen molar-refractivity contribution in [2.24, 2.45) is 7.05 Å². The Labute approximate surface area is 143 Å². The first-order chi connectivity index (χ1) is 12.0. The Morgan fingerprint density at radius 2 is 1.92 bits per heavy atom. The number of rotatable bonds is 5. The van der Waals surface area contributed by atoms with Crippen LogP contribution in [-0.4, -0.2) is 31.7 Å². The van der Waals surface area contributed by atoms with Crippen molar-refractivity contribution in [1.82, 2.24) is 14.8 Å². The third-order valence-electron chi connectivity index (χ3n) is 3.57. The maximum Gasteiger partial charge on any atom is 0.335 e. The van der Waals surface area contributed by atoms with E-state index in [0.29, 0.717) is 17.1 Å². The molecule has 0 unspecified atom stereocenters. The summed E-state index contributed by atoms with van der Waals surface area (Å²) < 4.78 is 1.62. The topological polar surface area (TPSA) is 97.1 Å². The molecule has 7 nitrogen and oxygen atoms in total. The molecule has 0 radical (unpaired) electrons. The predicted molar refractivity (Wildman–Crippen MR) is 92.2 cm³/mol. The van der Waals surface area contributed by atoms with Crippen LogP contribution in [0.1, 0.15) is 15.9 Å². The predicted octanol–water partition coefficient (Wildman–Crippen LogP) is 2.36. The minimum Gasteiger partial charge on any atom is -0.478 e. The normalized spacial score (nSPS) is 10.4. The van der Waals surface area contributed by atoms with Gasteiger partial charge < -0.3 is 10.4 Å². The Hall–Kier alpha value is -3.48. The van der Waals surface area contributed by atoms with Gasteiger partial charge in [-0.25, -0.2) is 9.78 Å². The van der Waals surface area contributed by atoms with E-state index in [0.717, 1.165) is 5.56 Å². The maximum atomic E-state index is 12.1. The van der Waals surface area contributed by atoms with Crippen molar-refractivity contribution in [2.45, 2.75) is 6.42 Å². The number of hydrogen-bond donors (Lipinski definition) is 2. The van der Waals surface area contributed by atoms with Crippen LogP contribution < -0.4 is 5.32 Å². The number of anilines is 1. The van der Waals surface area contributed by atoms with Crippen molar-refractivity contribution < 1.29 is 14.7 Å². The standard InChI is InChI=1S/C18H16N4O3/c1-22-11-19-17(21-22)13-5-7-15(8-6-13)20-16(23)10-12-3-2-4-14(9-12)18(24)25/h2-9,11H,10H2,1H3,(H,20,23)(H,24,25). The molecule has 0 saturated carbocycles. The summed E-state index contributed by atoms with van der Waals surface area (Å²) in [6.45, 7) is 0. The lowest BCUT2D eigenvalue weighted by atomic mass is 10.1. The van der Waals surface area contributed by atoms with Gasteiger partial charge in [0.2, 0.25) is 5.91 Å². The summed E-state index contributed by atoms with van der Waals surface area (Å²) in [7, 11) is 1.80. The van der Waals surface area contributed by atoms with Crippen LogP contribution in [0.4, 0.5) is 5.69 Å². The molecule has 0 saturated heterocycles. The molecule has 0 aliphatic carbocycles. The van der Waals surface area contributed by atoms with Gasteiger partial charge in [-0.15, -0.1) is 0 Å². The summed E-state index contributed by atoms with van der Waals surface area (Å²) in [5.74, 6) is -0.613. The highest BCUT2D eigenvalue weighted by molar-refractivity contribution is 5.93. The Morgan fingerprint density at radius 1 is 1.16 bits per heavy atom. The lowest BCUT2D eigenvalue weighted by Crippen LogP contribution is -2.14. The highest BCUT2D eigenvalue weighted by Crippen LogP contribution is 2.18. The summed E-state index contributed by atoms with van der Waals surface area (Å²) in [5.41, 5.74) is 2.32. The van der Waals surface area contributed by atoms with E-state index in [1.165, 1.54) is 12.1 Å². The molecule has 3 rings (SSSR count). The number of carbonyl (C=O) groups excluding carboxylic acids is 1. The van der Waals surface area contributed by atoms with Crippen LogP contribution in [0.15, 0.2) is 54.9 Å². The van der Waals surface area contributed by atoms with Gasteiger partial charge in [-0.2, -0.15) is 5.10 Å². The first-order valence-electron chi connectivity index (χ1n) is 7.59. The number of aryl methyl sites for hydroxylation is 1. The molecule has 0 aliphatic rings. The second-order valence-electron chi connectivity index (χ2n) is 5.55. The van der Waals surface area contributed by atoms with Crippen molar-refractivity contribution in [3.8, 4) is 11.4 Å². The number of nitrogens with one attached hydrogen (secondary N) is 1. The zero-order valence-corrected chi connectivity index (χ0v) is 13.5. The zero-order valence-electron chi connectivity index (χ0n) is 13.5. The van der Waals surface area contributed by atoms with E-state index in [9.17, 15) is 9.59 Å². The number of nitrogens with zero attached hydrogens (tertiary/aromatic N) is 3. The van der Waals surface area contributed by atoms with Gasteiger partial charge in [0.15, 0.2) is 5.82 Å². The number of aromatic carboxylic acids is 1. The van der Waals surface area contributed by atoms with Crippen molar-refractivity contribution in [3.05, 3.63) is 66.0 Å². The molecule has 25 heavy (non-hydrogen) atoms. The van der Waals surface area contributed by atoms with E-state index < -0.39 is 5.97 Å². The fourth-order valence-electron chi connectivity index (χ4n) is 2.38. The minimum absolute atomic E-state index is 0.102. The Morgan fingerprint density at radius 3 is 2.56 bits per heavy atom. The van der Waals surface area contributed by atoms with E-state index in [1.807, 2.05) is 12.1 Å². The first-order valence-corrected chi connectivity index (χ1v) is 7.59.